The standard InChI is InChI=1S/C13H22O3/c1-13(2,3)16-7-6-11(9-14)10-4-5-12(15)8-10/h4-6,10,12,14-15H,7-9H2,1-3H3/t10-,12+/m1/s1. The molecule has 16 heavy (non-hydrogen) atoms. The van der Waals surface area contributed by atoms with Gasteiger partial charge in [0.1, 0.15) is 0 Å². The largest absolute Gasteiger partial charge is 0.392 e. The lowest BCUT2D eigenvalue weighted by Gasteiger charge is -2.19. The summed E-state index contributed by atoms with van der Waals surface area (Å²) in [7, 11) is 0. The van der Waals surface area contributed by atoms with Gasteiger partial charge in [0, 0.05) is 5.92 Å². The van der Waals surface area contributed by atoms with Crippen molar-refractivity contribution in [2.75, 3.05) is 13.2 Å². The smallest absolute Gasteiger partial charge is 0.0729 e. The van der Waals surface area contributed by atoms with Crippen LogP contribution in [0.15, 0.2) is 23.8 Å². The fraction of sp³-hybridized carbons (Fsp3) is 0.692. The third-order valence-electron chi connectivity index (χ3n) is 2.58. The van der Waals surface area contributed by atoms with E-state index in [4.69, 9.17) is 4.74 Å². The predicted molar refractivity (Wildman–Crippen MR) is 64.1 cm³/mol. The lowest BCUT2D eigenvalue weighted by atomic mass is 9.98. The molecule has 1 aliphatic carbocycles. The topological polar surface area (TPSA) is 49.7 Å². The molecule has 0 saturated carbocycles. The van der Waals surface area contributed by atoms with E-state index in [0.717, 1.165) is 5.57 Å². The second-order valence-corrected chi connectivity index (χ2v) is 5.15. The number of aliphatic hydroxyl groups excluding tert-OH is 2. The Morgan fingerprint density at radius 2 is 2.12 bits per heavy atom. The van der Waals surface area contributed by atoms with Gasteiger partial charge >= 0.3 is 0 Å². The average Bonchev–Trinajstić information content (AvgIpc) is 2.58. The molecule has 92 valence electrons. The second-order valence-electron chi connectivity index (χ2n) is 5.15. The summed E-state index contributed by atoms with van der Waals surface area (Å²) in [4.78, 5) is 0. The average molecular weight is 226 g/mol. The molecule has 0 aromatic heterocycles. The highest BCUT2D eigenvalue weighted by Crippen LogP contribution is 2.25. The van der Waals surface area contributed by atoms with E-state index in [2.05, 4.69) is 0 Å². The van der Waals surface area contributed by atoms with Crippen LogP contribution in [0.2, 0.25) is 0 Å². The minimum absolute atomic E-state index is 0.0230. The van der Waals surface area contributed by atoms with Crippen molar-refractivity contribution in [1.29, 1.82) is 0 Å². The minimum Gasteiger partial charge on any atom is -0.392 e. The molecule has 0 aromatic rings. The van der Waals surface area contributed by atoms with Gasteiger partial charge in [0.2, 0.25) is 0 Å². The van der Waals surface area contributed by atoms with Crippen molar-refractivity contribution in [3.63, 3.8) is 0 Å². The Hall–Kier alpha value is -0.640. The monoisotopic (exact) mass is 226 g/mol. The Labute approximate surface area is 97.4 Å². The number of allylic oxidation sites excluding steroid dienone is 1. The molecule has 1 aliphatic rings. The van der Waals surface area contributed by atoms with Gasteiger partial charge in [0.25, 0.3) is 0 Å². The Morgan fingerprint density at radius 3 is 2.56 bits per heavy atom. The van der Waals surface area contributed by atoms with Crippen LogP contribution < -0.4 is 0 Å². The first-order valence-corrected chi connectivity index (χ1v) is 5.72. The van der Waals surface area contributed by atoms with Crippen molar-refractivity contribution in [2.45, 2.75) is 38.9 Å². The van der Waals surface area contributed by atoms with Crippen molar-refractivity contribution in [1.82, 2.24) is 0 Å². The van der Waals surface area contributed by atoms with Gasteiger partial charge in [0.15, 0.2) is 0 Å². The molecular weight excluding hydrogens is 204 g/mol. The van der Waals surface area contributed by atoms with Crippen LogP contribution in [0.25, 0.3) is 0 Å². The predicted octanol–water partition coefficient (Wildman–Crippen LogP) is 1.66. The van der Waals surface area contributed by atoms with Gasteiger partial charge in [-0.25, -0.2) is 0 Å². The van der Waals surface area contributed by atoms with Crippen molar-refractivity contribution < 1.29 is 14.9 Å². The Morgan fingerprint density at radius 1 is 1.44 bits per heavy atom. The van der Waals surface area contributed by atoms with Gasteiger partial charge in [-0.1, -0.05) is 18.2 Å². The molecule has 0 fully saturated rings. The quantitative estimate of drug-likeness (QED) is 0.717. The van der Waals surface area contributed by atoms with E-state index >= 15 is 0 Å². The summed E-state index contributed by atoms with van der Waals surface area (Å²) in [6.07, 6.45) is 5.94. The molecule has 0 amide bonds. The maximum atomic E-state index is 9.37. The van der Waals surface area contributed by atoms with Crippen LogP contribution in [0.4, 0.5) is 0 Å². The van der Waals surface area contributed by atoms with Gasteiger partial charge in [-0.05, 0) is 32.8 Å². The van der Waals surface area contributed by atoms with E-state index in [0.29, 0.717) is 13.0 Å². The van der Waals surface area contributed by atoms with Crippen LogP contribution in [0.5, 0.6) is 0 Å². The molecule has 0 saturated heterocycles. The fourth-order valence-corrected chi connectivity index (χ4v) is 1.69. The van der Waals surface area contributed by atoms with Gasteiger partial charge in [-0.3, -0.25) is 0 Å². The molecule has 0 unspecified atom stereocenters. The number of ether oxygens (including phenoxy) is 1. The van der Waals surface area contributed by atoms with Crippen LogP contribution in [-0.2, 0) is 4.74 Å². The van der Waals surface area contributed by atoms with E-state index in [1.807, 2.05) is 32.9 Å². The van der Waals surface area contributed by atoms with E-state index in [1.165, 1.54) is 0 Å². The maximum absolute atomic E-state index is 9.37. The molecule has 3 heteroatoms. The van der Waals surface area contributed by atoms with Gasteiger partial charge in [0.05, 0.1) is 24.9 Å². The van der Waals surface area contributed by atoms with Crippen LogP contribution in [0.1, 0.15) is 27.2 Å². The van der Waals surface area contributed by atoms with Crippen LogP contribution in [0, 0.1) is 5.92 Å². The van der Waals surface area contributed by atoms with Crippen molar-refractivity contribution in [3.05, 3.63) is 23.8 Å². The maximum Gasteiger partial charge on any atom is 0.0729 e. The fourth-order valence-electron chi connectivity index (χ4n) is 1.69. The summed E-state index contributed by atoms with van der Waals surface area (Å²) < 4.78 is 5.57. The van der Waals surface area contributed by atoms with E-state index in [9.17, 15) is 10.2 Å². The first-order valence-electron chi connectivity index (χ1n) is 5.72. The summed E-state index contributed by atoms with van der Waals surface area (Å²) in [5.41, 5.74) is 0.763. The normalized spacial score (nSPS) is 26.4. The third-order valence-corrected chi connectivity index (χ3v) is 2.58. The summed E-state index contributed by atoms with van der Waals surface area (Å²) >= 11 is 0. The number of rotatable bonds is 4. The van der Waals surface area contributed by atoms with Crippen LogP contribution in [0.3, 0.4) is 0 Å². The number of hydrogen-bond acceptors (Lipinski definition) is 3. The molecule has 0 heterocycles. The summed E-state index contributed by atoms with van der Waals surface area (Å²) in [6.45, 7) is 6.52. The van der Waals surface area contributed by atoms with Gasteiger partial charge in [-0.2, -0.15) is 0 Å². The molecule has 3 nitrogen and oxygen atoms in total. The first-order chi connectivity index (χ1) is 7.42. The molecule has 2 atom stereocenters. The zero-order chi connectivity index (χ0) is 12.2. The molecule has 0 aromatic carbocycles. The first kappa shape index (κ1) is 13.4. The zero-order valence-electron chi connectivity index (χ0n) is 10.3. The lowest BCUT2D eigenvalue weighted by molar-refractivity contribution is 0.0144. The molecule has 2 N–H and O–H groups in total. The SMILES string of the molecule is CC(C)(C)OCC=C(CO)[C@@H]1C=C[C@H](O)C1. The lowest BCUT2D eigenvalue weighted by Crippen LogP contribution is -2.19. The van der Waals surface area contributed by atoms with Crippen LogP contribution >= 0.6 is 0 Å². The van der Waals surface area contributed by atoms with Crippen molar-refractivity contribution in [2.24, 2.45) is 5.92 Å². The molecule has 0 bridgehead atoms. The highest BCUT2D eigenvalue weighted by Gasteiger charge is 2.19. The van der Waals surface area contributed by atoms with Gasteiger partial charge in [-0.15, -0.1) is 0 Å². The Bertz CT molecular complexity index is 273. The van der Waals surface area contributed by atoms with Gasteiger partial charge < -0.3 is 14.9 Å². The number of hydrogen-bond donors (Lipinski definition) is 2. The third kappa shape index (κ3) is 4.47. The molecular formula is C13H22O3. The van der Waals surface area contributed by atoms with E-state index in [1.54, 1.807) is 6.08 Å². The van der Waals surface area contributed by atoms with E-state index in [-0.39, 0.29) is 24.2 Å². The summed E-state index contributed by atoms with van der Waals surface area (Å²) in [6, 6.07) is 0. The second kappa shape index (κ2) is 5.62. The zero-order valence-corrected chi connectivity index (χ0v) is 10.3. The summed E-state index contributed by atoms with van der Waals surface area (Å²) in [5.74, 6) is 0.156. The van der Waals surface area contributed by atoms with E-state index < -0.39 is 0 Å². The number of aliphatic hydroxyl groups is 2. The highest BCUT2D eigenvalue weighted by molar-refractivity contribution is 5.19. The Kier molecular flexibility index (Phi) is 4.71. The molecule has 0 radical (unpaired) electrons. The minimum atomic E-state index is -0.372. The molecule has 1 rings (SSSR count). The molecule has 0 spiro atoms. The Balaban J connectivity index is 2.48. The molecule has 0 aliphatic heterocycles. The van der Waals surface area contributed by atoms with Crippen molar-refractivity contribution in [3.8, 4) is 0 Å². The van der Waals surface area contributed by atoms with Crippen molar-refractivity contribution >= 4 is 0 Å². The highest BCUT2D eigenvalue weighted by atomic mass is 16.5. The van der Waals surface area contributed by atoms with Crippen LogP contribution in [-0.4, -0.2) is 35.1 Å². The summed E-state index contributed by atoms with van der Waals surface area (Å²) in [5, 5.41) is 18.6.